The van der Waals surface area contributed by atoms with E-state index >= 15 is 0 Å². The van der Waals surface area contributed by atoms with Crippen molar-refractivity contribution < 1.29 is 39.1 Å². The second-order valence-corrected chi connectivity index (χ2v) is 9.14. The number of benzene rings is 2. The third kappa shape index (κ3) is 10.5. The van der Waals surface area contributed by atoms with Crippen molar-refractivity contribution in [3.63, 3.8) is 0 Å². The van der Waals surface area contributed by atoms with Gasteiger partial charge in [0.15, 0.2) is 0 Å². The molecule has 2 atom stereocenters. The zero-order chi connectivity index (χ0) is 29.7. The Kier molecular flexibility index (Phi) is 12.2. The molecule has 0 fully saturated rings. The van der Waals surface area contributed by atoms with Crippen LogP contribution in [0.15, 0.2) is 58.5 Å². The minimum Gasteiger partial charge on any atom is -0.480 e. The van der Waals surface area contributed by atoms with Gasteiger partial charge in [-0.2, -0.15) is 5.10 Å². The summed E-state index contributed by atoms with van der Waals surface area (Å²) in [6.45, 7) is -0.727. The van der Waals surface area contributed by atoms with E-state index in [-0.39, 0.29) is 29.2 Å². The number of nitrogens with one attached hydrogen (secondary N) is 3. The molecule has 40 heavy (non-hydrogen) atoms. The molecule has 0 aliphatic rings. The lowest BCUT2D eigenvalue weighted by atomic mass is 10.1. The van der Waals surface area contributed by atoms with E-state index in [9.17, 15) is 34.1 Å². The van der Waals surface area contributed by atoms with Gasteiger partial charge in [-0.15, -0.1) is 11.8 Å². The fourth-order valence-corrected chi connectivity index (χ4v) is 4.04. The lowest BCUT2D eigenvalue weighted by Crippen LogP contribution is -2.49. The largest absolute Gasteiger partial charge is 0.480 e. The molecule has 2 aromatic carbocycles. The van der Waals surface area contributed by atoms with Crippen LogP contribution in [0, 0.1) is 10.1 Å². The van der Waals surface area contributed by atoms with Gasteiger partial charge in [-0.05, 0) is 24.6 Å². The van der Waals surface area contributed by atoms with Gasteiger partial charge < -0.3 is 26.6 Å². The monoisotopic (exact) mass is 574 g/mol. The number of rotatable bonds is 15. The molecule has 212 valence electrons. The Labute approximate surface area is 231 Å². The molecule has 0 spiro atoms. The average molecular weight is 575 g/mol. The number of carboxylic acids is 2. The number of nitrogens with zero attached hydrogens (tertiary/aromatic N) is 2. The Hall–Kier alpha value is -4.83. The van der Waals surface area contributed by atoms with Gasteiger partial charge in [0.05, 0.1) is 16.0 Å². The molecule has 0 heterocycles. The van der Waals surface area contributed by atoms with E-state index in [4.69, 9.17) is 15.9 Å². The van der Waals surface area contributed by atoms with Crippen LogP contribution in [-0.2, 0) is 19.2 Å². The summed E-state index contributed by atoms with van der Waals surface area (Å²) >= 11 is 0.854. The van der Waals surface area contributed by atoms with Gasteiger partial charge in [0, 0.05) is 29.4 Å². The predicted molar refractivity (Wildman–Crippen MR) is 143 cm³/mol. The van der Waals surface area contributed by atoms with E-state index in [1.165, 1.54) is 24.4 Å². The number of hydrazone groups is 1. The fraction of sp³-hybridized carbons (Fsp3) is 0.250. The highest BCUT2D eigenvalue weighted by Gasteiger charge is 2.24. The van der Waals surface area contributed by atoms with Crippen molar-refractivity contribution in [2.45, 2.75) is 29.8 Å². The number of carbonyl (C=O) groups is 5. The van der Waals surface area contributed by atoms with Crippen LogP contribution in [0.5, 0.6) is 0 Å². The van der Waals surface area contributed by atoms with Crippen molar-refractivity contribution in [1.82, 2.24) is 16.1 Å². The zero-order valence-corrected chi connectivity index (χ0v) is 21.6. The lowest BCUT2D eigenvalue weighted by molar-refractivity contribution is -0.387. The van der Waals surface area contributed by atoms with Gasteiger partial charge in [-0.1, -0.05) is 24.3 Å². The zero-order valence-electron chi connectivity index (χ0n) is 20.8. The average Bonchev–Trinajstić information content (AvgIpc) is 2.93. The Morgan fingerprint density at radius 3 is 2.42 bits per heavy atom. The molecular formula is C24H26N6O9S. The first-order valence-electron chi connectivity index (χ1n) is 11.5. The van der Waals surface area contributed by atoms with Crippen LogP contribution in [0.3, 0.4) is 0 Å². The summed E-state index contributed by atoms with van der Waals surface area (Å²) in [6, 6.07) is 9.76. The number of carboxylic acid groups (broad SMARTS) is 2. The summed E-state index contributed by atoms with van der Waals surface area (Å²) in [5, 5.41) is 37.7. The van der Waals surface area contributed by atoms with Crippen molar-refractivity contribution in [2.24, 2.45) is 10.8 Å². The Bertz CT molecular complexity index is 1290. The lowest BCUT2D eigenvalue weighted by Gasteiger charge is -2.18. The van der Waals surface area contributed by atoms with Crippen LogP contribution < -0.4 is 21.8 Å². The molecule has 15 nitrogen and oxygen atoms in total. The molecule has 0 aromatic heterocycles. The van der Waals surface area contributed by atoms with Crippen LogP contribution in [0.1, 0.15) is 28.8 Å². The van der Waals surface area contributed by atoms with Gasteiger partial charge >= 0.3 is 11.9 Å². The third-order valence-corrected chi connectivity index (χ3v) is 6.22. The first kappa shape index (κ1) is 31.4. The van der Waals surface area contributed by atoms with Gasteiger partial charge in [-0.25, -0.2) is 5.43 Å². The highest BCUT2D eigenvalue weighted by atomic mass is 32.2. The number of carbonyl (C=O) groups excluding carboxylic acids is 3. The number of nitrogens with two attached hydrogens (primary N) is 1. The van der Waals surface area contributed by atoms with Crippen LogP contribution in [0.25, 0.3) is 0 Å². The van der Waals surface area contributed by atoms with Crippen LogP contribution in [0.2, 0.25) is 0 Å². The first-order valence-corrected chi connectivity index (χ1v) is 12.5. The molecule has 0 radical (unpaired) electrons. The maximum atomic E-state index is 12.5. The minimum atomic E-state index is -1.33. The standard InChI is InChI=1S/C24H26N6O9S/c25-16(24(36)37)7-9-20(31)28-17(23(35)26-12-21(32)33)13-40-19-8-6-14(10-18(19)30(38)39)11-27-29-22(34)15-4-2-1-3-5-15/h1-6,8,10-11,16-17H,7,9,12-13,25H2,(H,26,35)(H,28,31)(H,29,34)(H,32,33)(H,36,37)/b27-11+/t16-,17-/m0/s1. The van der Waals surface area contributed by atoms with Gasteiger partial charge in [-0.3, -0.25) is 34.1 Å². The summed E-state index contributed by atoms with van der Waals surface area (Å²) in [5.74, 6) is -4.90. The maximum absolute atomic E-state index is 12.5. The summed E-state index contributed by atoms with van der Waals surface area (Å²) in [7, 11) is 0. The van der Waals surface area contributed by atoms with E-state index in [1.54, 1.807) is 30.3 Å². The third-order valence-electron chi connectivity index (χ3n) is 5.07. The molecule has 3 amide bonds. The Morgan fingerprint density at radius 1 is 1.10 bits per heavy atom. The smallest absolute Gasteiger partial charge is 0.322 e. The van der Waals surface area contributed by atoms with Crippen molar-refractivity contribution in [3.05, 3.63) is 69.8 Å². The molecule has 2 rings (SSSR count). The minimum absolute atomic E-state index is 0.133. The molecule has 2 aromatic rings. The topological polar surface area (TPSA) is 243 Å². The second kappa shape index (κ2) is 15.6. The predicted octanol–water partition coefficient (Wildman–Crippen LogP) is 0.329. The van der Waals surface area contributed by atoms with Gasteiger partial charge in [0.2, 0.25) is 11.8 Å². The van der Waals surface area contributed by atoms with Crippen molar-refractivity contribution in [1.29, 1.82) is 0 Å². The number of hydrogen-bond acceptors (Lipinski definition) is 10. The molecule has 0 aliphatic carbocycles. The number of aliphatic carboxylic acids is 2. The quantitative estimate of drug-likeness (QED) is 0.0732. The fourth-order valence-electron chi connectivity index (χ4n) is 3.02. The van der Waals surface area contributed by atoms with Gasteiger partial charge in [0.1, 0.15) is 18.6 Å². The number of hydrogen-bond donors (Lipinski definition) is 6. The second-order valence-electron chi connectivity index (χ2n) is 8.08. The number of amides is 3. The Balaban J connectivity index is 2.11. The number of thioether (sulfide) groups is 1. The highest BCUT2D eigenvalue weighted by molar-refractivity contribution is 7.99. The first-order chi connectivity index (χ1) is 19.0. The van der Waals surface area contributed by atoms with E-state index in [1.807, 2.05) is 0 Å². The molecule has 7 N–H and O–H groups in total. The molecular weight excluding hydrogens is 548 g/mol. The van der Waals surface area contributed by atoms with Crippen molar-refractivity contribution in [3.8, 4) is 0 Å². The maximum Gasteiger partial charge on any atom is 0.322 e. The molecule has 0 saturated carbocycles. The van der Waals surface area contributed by atoms with Crippen LogP contribution in [-0.4, -0.2) is 75.4 Å². The molecule has 0 saturated heterocycles. The summed E-state index contributed by atoms with van der Waals surface area (Å²) < 4.78 is 0. The molecule has 0 aliphatic heterocycles. The van der Waals surface area contributed by atoms with Crippen molar-refractivity contribution in [2.75, 3.05) is 12.3 Å². The van der Waals surface area contributed by atoms with E-state index in [2.05, 4.69) is 21.2 Å². The van der Waals surface area contributed by atoms with E-state index < -0.39 is 53.2 Å². The Morgan fingerprint density at radius 2 is 1.80 bits per heavy atom. The summed E-state index contributed by atoms with van der Waals surface area (Å²) in [6.07, 6.45) is 0.681. The number of nitro benzene ring substituents is 1. The highest BCUT2D eigenvalue weighted by Crippen LogP contribution is 2.30. The van der Waals surface area contributed by atoms with E-state index in [0.29, 0.717) is 11.1 Å². The normalized spacial score (nSPS) is 12.2. The summed E-state index contributed by atoms with van der Waals surface area (Å²) in [4.78, 5) is 69.7. The summed E-state index contributed by atoms with van der Waals surface area (Å²) in [5.41, 5.74) is 8.02. The molecule has 0 bridgehead atoms. The van der Waals surface area contributed by atoms with Gasteiger partial charge in [0.25, 0.3) is 11.6 Å². The molecule has 0 unspecified atom stereocenters. The van der Waals surface area contributed by atoms with Crippen LogP contribution in [0.4, 0.5) is 5.69 Å². The SMILES string of the molecule is N[C@@H](CCC(=O)N[C@@H](CSc1ccc(/C=N/NC(=O)c2ccccc2)cc1[N+](=O)[O-])C(=O)NCC(=O)O)C(=O)O. The van der Waals surface area contributed by atoms with Crippen molar-refractivity contribution >= 4 is 53.3 Å². The van der Waals surface area contributed by atoms with E-state index in [0.717, 1.165) is 11.8 Å². The number of nitro groups is 1. The molecule has 16 heteroatoms. The van der Waals surface area contributed by atoms with Crippen LogP contribution >= 0.6 is 11.8 Å².